The third-order valence-corrected chi connectivity index (χ3v) is 2.48. The molecule has 0 unspecified atom stereocenters. The average molecular weight is 187 g/mol. The van der Waals surface area contributed by atoms with Crippen LogP contribution in [0.5, 0.6) is 0 Å². The van der Waals surface area contributed by atoms with Gasteiger partial charge < -0.3 is 0 Å². The summed E-state index contributed by atoms with van der Waals surface area (Å²) in [6, 6.07) is 6.17. The van der Waals surface area contributed by atoms with E-state index in [0.29, 0.717) is 0 Å². The van der Waals surface area contributed by atoms with E-state index in [1.807, 2.05) is 26.0 Å². The molecule has 1 heteroatoms. The fraction of sp³-hybridized carbons (Fsp3) is 0.308. The maximum Gasteiger partial charge on any atom is 0.0664 e. The SMILES string of the molecule is C=C(C)C(C)=Nc1cccc(C)c1C. The Labute approximate surface area is 86.2 Å². The lowest BCUT2D eigenvalue weighted by Crippen LogP contribution is -1.91. The number of aliphatic imine (C=N–C) groups is 1. The van der Waals surface area contributed by atoms with Gasteiger partial charge in [0.15, 0.2) is 0 Å². The van der Waals surface area contributed by atoms with Crippen LogP contribution in [0.1, 0.15) is 25.0 Å². The van der Waals surface area contributed by atoms with Gasteiger partial charge in [0.05, 0.1) is 5.69 Å². The standard InChI is InChI=1S/C13H17N/c1-9(2)12(5)14-13-8-6-7-10(3)11(13)4/h6-8H,1H2,2-5H3. The van der Waals surface area contributed by atoms with Crippen molar-refractivity contribution in [3.8, 4) is 0 Å². The molecule has 0 atom stereocenters. The van der Waals surface area contributed by atoms with E-state index < -0.39 is 0 Å². The summed E-state index contributed by atoms with van der Waals surface area (Å²) in [5.74, 6) is 0. The third-order valence-electron chi connectivity index (χ3n) is 2.48. The van der Waals surface area contributed by atoms with Crippen LogP contribution in [0.25, 0.3) is 0 Å². The highest BCUT2D eigenvalue weighted by molar-refractivity contribution is 5.98. The van der Waals surface area contributed by atoms with Crippen molar-refractivity contribution in [2.75, 3.05) is 0 Å². The van der Waals surface area contributed by atoms with Crippen LogP contribution in [0.15, 0.2) is 35.3 Å². The monoisotopic (exact) mass is 187 g/mol. The first kappa shape index (κ1) is 10.7. The van der Waals surface area contributed by atoms with Gasteiger partial charge in [0.2, 0.25) is 0 Å². The van der Waals surface area contributed by atoms with Gasteiger partial charge in [0.25, 0.3) is 0 Å². The molecule has 0 N–H and O–H groups in total. The summed E-state index contributed by atoms with van der Waals surface area (Å²) in [6.45, 7) is 12.0. The van der Waals surface area contributed by atoms with Crippen molar-refractivity contribution in [2.24, 2.45) is 4.99 Å². The van der Waals surface area contributed by atoms with Gasteiger partial charge in [-0.15, -0.1) is 0 Å². The molecule has 1 aromatic carbocycles. The molecule has 0 heterocycles. The van der Waals surface area contributed by atoms with Gasteiger partial charge in [0, 0.05) is 5.71 Å². The summed E-state index contributed by atoms with van der Waals surface area (Å²) in [7, 11) is 0. The molecule has 74 valence electrons. The average Bonchev–Trinajstić information content (AvgIpc) is 2.12. The van der Waals surface area contributed by atoms with Gasteiger partial charge in [0.1, 0.15) is 0 Å². The fourth-order valence-corrected chi connectivity index (χ4v) is 1.13. The van der Waals surface area contributed by atoms with Gasteiger partial charge in [-0.3, -0.25) is 4.99 Å². The zero-order valence-corrected chi connectivity index (χ0v) is 9.39. The van der Waals surface area contributed by atoms with Crippen LogP contribution in [-0.4, -0.2) is 5.71 Å². The van der Waals surface area contributed by atoms with E-state index in [9.17, 15) is 0 Å². The van der Waals surface area contributed by atoms with E-state index in [4.69, 9.17) is 0 Å². The molecule has 0 fully saturated rings. The van der Waals surface area contributed by atoms with E-state index in [1.54, 1.807) is 0 Å². The Morgan fingerprint density at radius 3 is 2.43 bits per heavy atom. The molecule has 0 bridgehead atoms. The zero-order chi connectivity index (χ0) is 10.7. The van der Waals surface area contributed by atoms with Crippen molar-refractivity contribution in [1.82, 2.24) is 0 Å². The molecular formula is C13H17N. The highest BCUT2D eigenvalue weighted by Gasteiger charge is 1.99. The molecule has 0 spiro atoms. The molecule has 0 aliphatic carbocycles. The van der Waals surface area contributed by atoms with E-state index >= 15 is 0 Å². The number of hydrogen-bond donors (Lipinski definition) is 0. The minimum Gasteiger partial charge on any atom is -0.253 e. The highest BCUT2D eigenvalue weighted by Crippen LogP contribution is 2.21. The van der Waals surface area contributed by atoms with Gasteiger partial charge in [-0.05, 0) is 50.5 Å². The lowest BCUT2D eigenvalue weighted by molar-refractivity contribution is 1.30. The zero-order valence-electron chi connectivity index (χ0n) is 9.39. The number of nitrogens with zero attached hydrogens (tertiary/aromatic N) is 1. The summed E-state index contributed by atoms with van der Waals surface area (Å²) in [4.78, 5) is 4.54. The summed E-state index contributed by atoms with van der Waals surface area (Å²) in [5, 5.41) is 0. The second kappa shape index (κ2) is 4.23. The van der Waals surface area contributed by atoms with E-state index in [1.165, 1.54) is 11.1 Å². The van der Waals surface area contributed by atoms with Crippen molar-refractivity contribution >= 4 is 11.4 Å². The van der Waals surface area contributed by atoms with Crippen LogP contribution in [0.2, 0.25) is 0 Å². The molecular weight excluding hydrogens is 170 g/mol. The fourth-order valence-electron chi connectivity index (χ4n) is 1.13. The molecule has 0 radical (unpaired) electrons. The summed E-state index contributed by atoms with van der Waals surface area (Å²) in [5.41, 5.74) is 5.59. The van der Waals surface area contributed by atoms with E-state index in [2.05, 4.69) is 31.5 Å². The first-order chi connectivity index (χ1) is 6.52. The summed E-state index contributed by atoms with van der Waals surface area (Å²) < 4.78 is 0. The molecule has 0 aromatic heterocycles. The van der Waals surface area contributed by atoms with Crippen LogP contribution < -0.4 is 0 Å². The lowest BCUT2D eigenvalue weighted by atomic mass is 10.1. The van der Waals surface area contributed by atoms with Crippen molar-refractivity contribution in [1.29, 1.82) is 0 Å². The number of hydrogen-bond acceptors (Lipinski definition) is 1. The van der Waals surface area contributed by atoms with Crippen LogP contribution >= 0.6 is 0 Å². The molecule has 0 amide bonds. The Hall–Kier alpha value is -1.37. The summed E-state index contributed by atoms with van der Waals surface area (Å²) in [6.07, 6.45) is 0. The minimum absolute atomic E-state index is 0.999. The summed E-state index contributed by atoms with van der Waals surface area (Å²) >= 11 is 0. The number of benzene rings is 1. The van der Waals surface area contributed by atoms with Crippen molar-refractivity contribution < 1.29 is 0 Å². The molecule has 14 heavy (non-hydrogen) atoms. The smallest absolute Gasteiger partial charge is 0.0664 e. The Kier molecular flexibility index (Phi) is 3.23. The second-order valence-electron chi connectivity index (χ2n) is 3.70. The van der Waals surface area contributed by atoms with Crippen molar-refractivity contribution in [2.45, 2.75) is 27.7 Å². The Morgan fingerprint density at radius 1 is 1.21 bits per heavy atom. The number of rotatable bonds is 2. The van der Waals surface area contributed by atoms with Crippen LogP contribution in [0.4, 0.5) is 5.69 Å². The van der Waals surface area contributed by atoms with Gasteiger partial charge in [-0.1, -0.05) is 18.7 Å². The quantitative estimate of drug-likeness (QED) is 0.621. The topological polar surface area (TPSA) is 12.4 Å². The largest absolute Gasteiger partial charge is 0.253 e. The molecule has 1 rings (SSSR count). The Morgan fingerprint density at radius 2 is 1.86 bits per heavy atom. The maximum absolute atomic E-state index is 4.54. The van der Waals surface area contributed by atoms with Gasteiger partial charge >= 0.3 is 0 Å². The number of allylic oxidation sites excluding steroid dienone is 1. The molecule has 0 saturated carbocycles. The predicted molar refractivity (Wildman–Crippen MR) is 63.5 cm³/mol. The molecule has 0 aliphatic heterocycles. The molecule has 1 aromatic rings. The van der Waals surface area contributed by atoms with E-state index in [-0.39, 0.29) is 0 Å². The van der Waals surface area contributed by atoms with Crippen LogP contribution in [0.3, 0.4) is 0 Å². The Balaban J connectivity index is 3.15. The predicted octanol–water partition coefficient (Wildman–Crippen LogP) is 3.97. The molecule has 1 nitrogen and oxygen atoms in total. The second-order valence-corrected chi connectivity index (χ2v) is 3.70. The first-order valence-electron chi connectivity index (χ1n) is 4.79. The number of aryl methyl sites for hydroxylation is 1. The van der Waals surface area contributed by atoms with Crippen LogP contribution in [0, 0.1) is 13.8 Å². The molecule has 0 saturated heterocycles. The maximum atomic E-state index is 4.54. The molecule has 0 aliphatic rings. The van der Waals surface area contributed by atoms with Crippen molar-refractivity contribution in [3.63, 3.8) is 0 Å². The first-order valence-corrected chi connectivity index (χ1v) is 4.79. The van der Waals surface area contributed by atoms with Crippen LogP contribution in [-0.2, 0) is 0 Å². The highest BCUT2D eigenvalue weighted by atomic mass is 14.7. The third kappa shape index (κ3) is 2.32. The Bertz CT molecular complexity index is 386. The van der Waals surface area contributed by atoms with Gasteiger partial charge in [-0.2, -0.15) is 0 Å². The lowest BCUT2D eigenvalue weighted by Gasteiger charge is -2.05. The normalized spacial score (nSPS) is 11.6. The minimum atomic E-state index is 0.999. The van der Waals surface area contributed by atoms with Crippen molar-refractivity contribution in [3.05, 3.63) is 41.5 Å². The van der Waals surface area contributed by atoms with Gasteiger partial charge in [-0.25, -0.2) is 0 Å². The van der Waals surface area contributed by atoms with E-state index in [0.717, 1.165) is 17.0 Å².